The van der Waals surface area contributed by atoms with Gasteiger partial charge in [-0.2, -0.15) is 0 Å². The first-order chi connectivity index (χ1) is 11.8. The molecule has 5 atom stereocenters. The molecule has 0 amide bonds. The van der Waals surface area contributed by atoms with E-state index in [0.29, 0.717) is 13.2 Å². The van der Waals surface area contributed by atoms with Crippen molar-refractivity contribution in [3.63, 3.8) is 0 Å². The van der Waals surface area contributed by atoms with E-state index in [2.05, 4.69) is 12.1 Å². The van der Waals surface area contributed by atoms with Gasteiger partial charge in [0, 0.05) is 19.4 Å². The largest absolute Gasteiger partial charge is 0.598 e. The van der Waals surface area contributed by atoms with Crippen molar-refractivity contribution >= 4 is 0 Å². The predicted octanol–water partition coefficient (Wildman–Crippen LogP) is 3.32. The van der Waals surface area contributed by atoms with Crippen molar-refractivity contribution < 1.29 is 19.1 Å². The number of hydrogen-bond donors (Lipinski definition) is 0. The molecule has 132 valence electrons. The van der Waals surface area contributed by atoms with E-state index in [-0.39, 0.29) is 24.3 Å². The first-order valence-corrected chi connectivity index (χ1v) is 9.30. The summed E-state index contributed by atoms with van der Waals surface area (Å²) in [7, 11) is 0. The Morgan fingerprint density at radius 3 is 2.79 bits per heavy atom. The Morgan fingerprint density at radius 1 is 1.08 bits per heavy atom. The average Bonchev–Trinajstić information content (AvgIpc) is 3.20. The van der Waals surface area contributed by atoms with Gasteiger partial charge in [-0.3, -0.25) is 0 Å². The van der Waals surface area contributed by atoms with E-state index < -0.39 is 4.81 Å². The lowest BCUT2D eigenvalue weighted by atomic mass is 10.1. The van der Waals surface area contributed by atoms with Crippen LogP contribution in [0, 0.1) is 5.21 Å². The van der Waals surface area contributed by atoms with Gasteiger partial charge >= 0.3 is 0 Å². The third-order valence-corrected chi connectivity index (χ3v) is 5.60. The quantitative estimate of drug-likeness (QED) is 0.301. The molecule has 0 N–H and O–H groups in total. The van der Waals surface area contributed by atoms with E-state index >= 15 is 0 Å². The van der Waals surface area contributed by atoms with Crippen LogP contribution in [0.5, 0.6) is 0 Å². The van der Waals surface area contributed by atoms with Gasteiger partial charge in [0.25, 0.3) is 0 Å². The molecule has 0 radical (unpaired) electrons. The van der Waals surface area contributed by atoms with E-state index in [1.165, 1.54) is 5.56 Å². The molecular formula is C19H27NO4. The summed E-state index contributed by atoms with van der Waals surface area (Å²) in [6, 6.07) is 10.3. The molecule has 0 bridgehead atoms. The Balaban J connectivity index is 1.08. The molecule has 0 aromatic heterocycles. The highest BCUT2D eigenvalue weighted by molar-refractivity contribution is 5.13. The molecule has 0 saturated carbocycles. The Bertz CT molecular complexity index is 539. The number of epoxide rings is 1. The van der Waals surface area contributed by atoms with Gasteiger partial charge < -0.3 is 14.7 Å². The number of ether oxygens (including phenoxy) is 2. The van der Waals surface area contributed by atoms with Crippen LogP contribution in [0.4, 0.5) is 0 Å². The number of hydroxylamine groups is 4. The molecular weight excluding hydrogens is 306 g/mol. The van der Waals surface area contributed by atoms with Gasteiger partial charge in [0.2, 0.25) is 0 Å². The van der Waals surface area contributed by atoms with E-state index in [1.807, 2.05) is 18.2 Å². The highest BCUT2D eigenvalue weighted by atomic mass is 16.9. The summed E-state index contributed by atoms with van der Waals surface area (Å²) in [6.45, 7) is 2.09. The molecule has 1 aromatic rings. The van der Waals surface area contributed by atoms with Crippen molar-refractivity contribution in [2.75, 3.05) is 13.2 Å². The number of benzene rings is 1. The van der Waals surface area contributed by atoms with Crippen LogP contribution in [0.3, 0.4) is 0 Å². The fraction of sp³-hybridized carbons (Fsp3) is 0.684. The van der Waals surface area contributed by atoms with Crippen molar-refractivity contribution in [3.05, 3.63) is 41.1 Å². The van der Waals surface area contributed by atoms with Crippen LogP contribution in [0.15, 0.2) is 30.3 Å². The second-order valence-electron chi connectivity index (χ2n) is 7.21. The van der Waals surface area contributed by atoms with Crippen LogP contribution in [0.2, 0.25) is 0 Å². The summed E-state index contributed by atoms with van der Waals surface area (Å²) >= 11 is 0. The molecule has 1 aromatic carbocycles. The monoisotopic (exact) mass is 333 g/mol. The zero-order valence-electron chi connectivity index (χ0n) is 14.1. The minimum Gasteiger partial charge on any atom is -0.598 e. The molecule has 0 aliphatic carbocycles. The zero-order valence-corrected chi connectivity index (χ0v) is 14.1. The highest BCUT2D eigenvalue weighted by Gasteiger charge is 2.70. The topological polar surface area (TPSA) is 54.0 Å². The highest BCUT2D eigenvalue weighted by Crippen LogP contribution is 2.51. The van der Waals surface area contributed by atoms with Crippen molar-refractivity contribution in [3.8, 4) is 0 Å². The standard InChI is InChI=1S/C19H27NO4/c21-20-16(18-19(24-18)17(20)11-13-23-20)10-6-1-2-7-12-22-14-15-8-4-3-5-9-15/h3-5,8-9,16-19H,1-2,6-7,10-14H2/t16-,17?,18+,19-,20?/m1/s1. The van der Waals surface area contributed by atoms with Crippen LogP contribution in [0.1, 0.15) is 44.1 Å². The van der Waals surface area contributed by atoms with Crippen molar-refractivity contribution in [2.24, 2.45) is 0 Å². The Morgan fingerprint density at radius 2 is 1.92 bits per heavy atom. The minimum absolute atomic E-state index is 0.0110. The number of fused-ring (bicyclic) bond motifs is 3. The van der Waals surface area contributed by atoms with Gasteiger partial charge in [-0.25, -0.2) is 9.65 Å². The summed E-state index contributed by atoms with van der Waals surface area (Å²) < 4.78 is 11.4. The van der Waals surface area contributed by atoms with E-state index in [9.17, 15) is 5.21 Å². The van der Waals surface area contributed by atoms with Crippen LogP contribution in [-0.4, -0.2) is 42.3 Å². The number of morpholine rings is 1. The molecule has 5 nitrogen and oxygen atoms in total. The van der Waals surface area contributed by atoms with Crippen molar-refractivity contribution in [1.82, 2.24) is 0 Å². The second-order valence-corrected chi connectivity index (χ2v) is 7.21. The van der Waals surface area contributed by atoms with Gasteiger partial charge in [0.1, 0.15) is 24.9 Å². The maximum Gasteiger partial charge on any atom is 0.151 e. The van der Waals surface area contributed by atoms with Crippen molar-refractivity contribution in [1.29, 1.82) is 0 Å². The minimum atomic E-state index is -0.421. The number of hydrogen-bond acceptors (Lipinski definition) is 4. The average molecular weight is 333 g/mol. The molecule has 3 aliphatic rings. The van der Waals surface area contributed by atoms with Crippen molar-refractivity contribution in [2.45, 2.75) is 69.4 Å². The zero-order chi connectivity index (χ0) is 16.4. The normalized spacial score (nSPS) is 36.5. The second kappa shape index (κ2) is 7.10. The molecule has 3 fully saturated rings. The van der Waals surface area contributed by atoms with Gasteiger partial charge in [0.15, 0.2) is 6.04 Å². The number of nitrogens with zero attached hydrogens (tertiary/aromatic N) is 1. The Hall–Kier alpha value is -0.980. The SMILES string of the molecule is [O-][N+]12OCCC1[C@H]1O[C@H]1[C@H]2CCCCCCOCc1ccccc1. The van der Waals surface area contributed by atoms with Crippen LogP contribution < -0.4 is 0 Å². The molecule has 3 aliphatic heterocycles. The van der Waals surface area contributed by atoms with Crippen LogP contribution in [-0.2, 0) is 20.9 Å². The van der Waals surface area contributed by atoms with E-state index in [4.69, 9.17) is 14.3 Å². The maximum atomic E-state index is 12.8. The summed E-state index contributed by atoms with van der Waals surface area (Å²) in [5, 5.41) is 12.8. The smallest absolute Gasteiger partial charge is 0.151 e. The predicted molar refractivity (Wildman–Crippen MR) is 89.6 cm³/mol. The van der Waals surface area contributed by atoms with Gasteiger partial charge in [-0.05, 0) is 18.4 Å². The fourth-order valence-electron chi connectivity index (χ4n) is 4.28. The fourth-order valence-corrected chi connectivity index (χ4v) is 4.28. The van der Waals surface area contributed by atoms with Gasteiger partial charge in [0.05, 0.1) is 6.61 Å². The summed E-state index contributed by atoms with van der Waals surface area (Å²) in [4.78, 5) is 5.09. The van der Waals surface area contributed by atoms with Crippen LogP contribution in [0.25, 0.3) is 0 Å². The molecule has 5 heteroatoms. The number of unbranched alkanes of at least 4 members (excludes halogenated alkanes) is 3. The summed E-state index contributed by atoms with van der Waals surface area (Å²) in [5.41, 5.74) is 1.22. The molecule has 3 heterocycles. The third kappa shape index (κ3) is 3.24. The summed E-state index contributed by atoms with van der Waals surface area (Å²) in [6.07, 6.45) is 6.59. The maximum absolute atomic E-state index is 12.8. The first-order valence-electron chi connectivity index (χ1n) is 9.30. The summed E-state index contributed by atoms with van der Waals surface area (Å²) in [5.74, 6) is 0. The van der Waals surface area contributed by atoms with Crippen LogP contribution >= 0.6 is 0 Å². The lowest BCUT2D eigenvalue weighted by molar-refractivity contribution is -1.08. The molecule has 0 spiro atoms. The first kappa shape index (κ1) is 16.5. The van der Waals surface area contributed by atoms with Gasteiger partial charge in [-0.15, -0.1) is 0 Å². The molecule has 2 unspecified atom stereocenters. The van der Waals surface area contributed by atoms with E-state index in [0.717, 1.165) is 45.1 Å². The molecule has 3 saturated heterocycles. The third-order valence-electron chi connectivity index (χ3n) is 5.60. The van der Waals surface area contributed by atoms with E-state index in [1.54, 1.807) is 0 Å². The Labute approximate surface area is 143 Å². The van der Waals surface area contributed by atoms with Gasteiger partial charge in [-0.1, -0.05) is 43.2 Å². The lowest BCUT2D eigenvalue weighted by Crippen LogP contribution is -2.51. The molecule has 24 heavy (non-hydrogen) atoms. The molecule has 4 rings (SSSR count). The lowest BCUT2D eigenvalue weighted by Gasteiger charge is -2.41. The number of quaternary nitrogens is 1. The Kier molecular flexibility index (Phi) is 4.88. The number of rotatable bonds is 9.